The van der Waals surface area contributed by atoms with Gasteiger partial charge in [0.1, 0.15) is 6.61 Å². The summed E-state index contributed by atoms with van der Waals surface area (Å²) in [6.07, 6.45) is -0.797. The second-order valence-electron chi connectivity index (χ2n) is 6.98. The Balaban J connectivity index is 1.92. The molecule has 0 aliphatic carbocycles. The van der Waals surface area contributed by atoms with Crippen LogP contribution in [0, 0.1) is 0 Å². The fourth-order valence-corrected chi connectivity index (χ4v) is 2.28. The van der Waals surface area contributed by atoms with Crippen molar-refractivity contribution in [3.8, 4) is 0 Å². The van der Waals surface area contributed by atoms with Crippen molar-refractivity contribution in [2.24, 2.45) is 0 Å². The van der Waals surface area contributed by atoms with E-state index < -0.39 is 30.4 Å². The molecule has 7 nitrogen and oxygen atoms in total. The van der Waals surface area contributed by atoms with Crippen LogP contribution in [-0.2, 0) is 25.4 Å². The van der Waals surface area contributed by atoms with Crippen LogP contribution in [0.5, 0.6) is 0 Å². The average molecular weight is 349 g/mol. The first-order chi connectivity index (χ1) is 11.6. The molecule has 0 bridgehead atoms. The summed E-state index contributed by atoms with van der Waals surface area (Å²) >= 11 is 0. The van der Waals surface area contributed by atoms with Gasteiger partial charge < -0.3 is 24.5 Å². The number of carbonyl (C=O) groups excluding carboxylic acids is 1. The number of alkyl carbamates (subject to hydrolysis) is 1. The minimum absolute atomic E-state index is 0.0299. The minimum atomic E-state index is -0.976. The van der Waals surface area contributed by atoms with Gasteiger partial charge in [0.05, 0.1) is 17.6 Å². The smallest absolute Gasteiger partial charge is 0.481 e. The summed E-state index contributed by atoms with van der Waals surface area (Å²) in [7, 11) is -0.477. The molecule has 1 fully saturated rings. The third kappa shape index (κ3) is 4.96. The van der Waals surface area contributed by atoms with E-state index in [-0.39, 0.29) is 19.6 Å². The normalized spacial score (nSPS) is 18.0. The van der Waals surface area contributed by atoms with E-state index in [9.17, 15) is 9.59 Å². The highest BCUT2D eigenvalue weighted by Crippen LogP contribution is 2.36. The maximum atomic E-state index is 11.5. The second kappa shape index (κ2) is 7.45. The van der Waals surface area contributed by atoms with Crippen LogP contribution in [0.3, 0.4) is 0 Å². The van der Waals surface area contributed by atoms with Crippen molar-refractivity contribution in [3.63, 3.8) is 0 Å². The molecule has 0 unspecified atom stereocenters. The number of carboxylic acid groups (broad SMARTS) is 1. The highest BCUT2D eigenvalue weighted by atomic mass is 16.7. The van der Waals surface area contributed by atoms with Gasteiger partial charge in [0.25, 0.3) is 0 Å². The molecular formula is C17H24BNO6. The monoisotopic (exact) mass is 349 g/mol. The van der Waals surface area contributed by atoms with Crippen LogP contribution >= 0.6 is 0 Å². The molecule has 1 heterocycles. The third-order valence-electron chi connectivity index (χ3n) is 4.45. The highest BCUT2D eigenvalue weighted by Gasteiger charge is 2.51. The Morgan fingerprint density at radius 3 is 2.44 bits per heavy atom. The molecule has 2 rings (SSSR count). The summed E-state index contributed by atoms with van der Waals surface area (Å²) in [4.78, 5) is 21.9. The minimum Gasteiger partial charge on any atom is -0.481 e. The van der Waals surface area contributed by atoms with Gasteiger partial charge in [-0.3, -0.25) is 4.79 Å². The van der Waals surface area contributed by atoms with E-state index in [2.05, 4.69) is 5.32 Å². The molecular weight excluding hydrogens is 325 g/mol. The Hall–Kier alpha value is -2.06. The number of benzene rings is 1. The zero-order valence-corrected chi connectivity index (χ0v) is 15.0. The number of aliphatic carboxylic acids is 1. The molecule has 0 radical (unpaired) electrons. The van der Waals surface area contributed by atoms with Gasteiger partial charge in [0.2, 0.25) is 0 Å². The predicted molar refractivity (Wildman–Crippen MR) is 92.6 cm³/mol. The fraction of sp³-hybridized carbons (Fsp3) is 0.529. The van der Waals surface area contributed by atoms with Gasteiger partial charge in [-0.1, -0.05) is 24.3 Å². The number of carbonyl (C=O) groups is 2. The van der Waals surface area contributed by atoms with Gasteiger partial charge in [-0.15, -0.1) is 0 Å². The number of hydrogen-bond donors (Lipinski definition) is 2. The molecule has 1 saturated heterocycles. The zero-order valence-electron chi connectivity index (χ0n) is 15.0. The zero-order chi connectivity index (χ0) is 18.7. The van der Waals surface area contributed by atoms with E-state index >= 15 is 0 Å². The fourth-order valence-electron chi connectivity index (χ4n) is 2.28. The lowest BCUT2D eigenvalue weighted by Gasteiger charge is -2.32. The Bertz CT molecular complexity index is 630. The quantitative estimate of drug-likeness (QED) is 0.759. The lowest BCUT2D eigenvalue weighted by molar-refractivity contribution is -0.136. The summed E-state index contributed by atoms with van der Waals surface area (Å²) in [6, 6.07) is 7.45. The van der Waals surface area contributed by atoms with E-state index in [1.165, 1.54) is 0 Å². The molecule has 8 heteroatoms. The molecule has 1 aliphatic rings. The van der Waals surface area contributed by atoms with Crippen LogP contribution in [0.1, 0.15) is 39.7 Å². The topological polar surface area (TPSA) is 94.1 Å². The Kier molecular flexibility index (Phi) is 5.74. The first-order valence-corrected chi connectivity index (χ1v) is 8.18. The molecule has 1 amide bonds. The Labute approximate surface area is 147 Å². The number of rotatable bonds is 6. The SMILES string of the molecule is CC1(C)OB(c2cccc(COC(=O)NCCC(=O)O)c2)OC1(C)C. The van der Waals surface area contributed by atoms with Crippen molar-refractivity contribution < 1.29 is 28.7 Å². The van der Waals surface area contributed by atoms with Crippen molar-refractivity contribution in [2.45, 2.75) is 51.9 Å². The average Bonchev–Trinajstić information content (AvgIpc) is 2.73. The number of amides is 1. The van der Waals surface area contributed by atoms with Crippen molar-refractivity contribution in [1.29, 1.82) is 0 Å². The van der Waals surface area contributed by atoms with E-state index in [0.717, 1.165) is 11.0 Å². The number of hydrogen-bond acceptors (Lipinski definition) is 5. The largest absolute Gasteiger partial charge is 0.494 e. The van der Waals surface area contributed by atoms with E-state index in [0.29, 0.717) is 0 Å². The van der Waals surface area contributed by atoms with Gasteiger partial charge in [-0.05, 0) is 38.7 Å². The predicted octanol–water partition coefficient (Wildman–Crippen LogP) is 1.69. The molecule has 1 aliphatic heterocycles. The first-order valence-electron chi connectivity index (χ1n) is 8.18. The lowest BCUT2D eigenvalue weighted by Crippen LogP contribution is -2.41. The highest BCUT2D eigenvalue weighted by molar-refractivity contribution is 6.62. The molecule has 2 N–H and O–H groups in total. The Morgan fingerprint density at radius 1 is 1.20 bits per heavy atom. The summed E-state index contributed by atoms with van der Waals surface area (Å²) in [5, 5.41) is 10.9. The van der Waals surface area contributed by atoms with E-state index in [1.807, 2.05) is 52.0 Å². The van der Waals surface area contributed by atoms with Crippen LogP contribution in [-0.4, -0.2) is 42.0 Å². The summed E-state index contributed by atoms with van der Waals surface area (Å²) < 4.78 is 17.1. The number of carboxylic acids is 1. The van der Waals surface area contributed by atoms with E-state index in [4.69, 9.17) is 19.2 Å². The van der Waals surface area contributed by atoms with Crippen LogP contribution in [0.25, 0.3) is 0 Å². The van der Waals surface area contributed by atoms with Gasteiger partial charge >= 0.3 is 19.2 Å². The van der Waals surface area contributed by atoms with Gasteiger partial charge in [-0.25, -0.2) is 4.79 Å². The molecule has 0 saturated carbocycles. The molecule has 0 aromatic heterocycles. The molecule has 136 valence electrons. The molecule has 25 heavy (non-hydrogen) atoms. The van der Waals surface area contributed by atoms with Gasteiger partial charge in [0.15, 0.2) is 0 Å². The van der Waals surface area contributed by atoms with Gasteiger partial charge in [-0.2, -0.15) is 0 Å². The standard InChI is InChI=1S/C17H24BNO6/c1-16(2)17(3,4)25-18(24-16)13-7-5-6-12(10-13)11-23-15(22)19-9-8-14(20)21/h5-7,10H,8-9,11H2,1-4H3,(H,19,22)(H,20,21). The lowest BCUT2D eigenvalue weighted by atomic mass is 9.78. The summed E-state index contributed by atoms with van der Waals surface area (Å²) in [5.74, 6) is -0.976. The molecule has 0 spiro atoms. The number of ether oxygens (including phenoxy) is 1. The van der Waals surface area contributed by atoms with Crippen molar-refractivity contribution in [1.82, 2.24) is 5.32 Å². The van der Waals surface area contributed by atoms with Crippen molar-refractivity contribution in [3.05, 3.63) is 29.8 Å². The first kappa shape index (κ1) is 19.3. The summed E-state index contributed by atoms with van der Waals surface area (Å²) in [6.45, 7) is 8.06. The molecule has 1 aromatic rings. The van der Waals surface area contributed by atoms with Crippen LogP contribution in [0.2, 0.25) is 0 Å². The third-order valence-corrected chi connectivity index (χ3v) is 4.45. The van der Waals surface area contributed by atoms with Crippen molar-refractivity contribution >= 4 is 24.6 Å². The second-order valence-corrected chi connectivity index (χ2v) is 6.98. The van der Waals surface area contributed by atoms with Gasteiger partial charge in [0, 0.05) is 6.54 Å². The van der Waals surface area contributed by atoms with Crippen LogP contribution in [0.4, 0.5) is 4.79 Å². The maximum Gasteiger partial charge on any atom is 0.494 e. The molecule has 1 aromatic carbocycles. The Morgan fingerprint density at radius 2 is 1.84 bits per heavy atom. The van der Waals surface area contributed by atoms with E-state index in [1.54, 1.807) is 0 Å². The summed E-state index contributed by atoms with van der Waals surface area (Å²) in [5.41, 5.74) is 0.800. The van der Waals surface area contributed by atoms with Crippen LogP contribution in [0.15, 0.2) is 24.3 Å². The number of nitrogens with one attached hydrogen (secondary N) is 1. The van der Waals surface area contributed by atoms with Crippen molar-refractivity contribution in [2.75, 3.05) is 6.54 Å². The molecule has 0 atom stereocenters. The van der Waals surface area contributed by atoms with Crippen LogP contribution < -0.4 is 10.8 Å². The maximum absolute atomic E-state index is 11.5.